The summed E-state index contributed by atoms with van der Waals surface area (Å²) >= 11 is 0. The van der Waals surface area contributed by atoms with E-state index in [1.165, 1.54) is 12.1 Å². The van der Waals surface area contributed by atoms with Gasteiger partial charge in [-0.2, -0.15) is 0 Å². The molecule has 5 heteroatoms. The third-order valence-corrected chi connectivity index (χ3v) is 2.84. The zero-order chi connectivity index (χ0) is 14.4. The first-order valence-electron chi connectivity index (χ1n) is 6.43. The molecule has 3 nitrogen and oxygen atoms in total. The first-order chi connectivity index (χ1) is 8.95. The van der Waals surface area contributed by atoms with Crippen molar-refractivity contribution in [3.05, 3.63) is 29.3 Å². The summed E-state index contributed by atoms with van der Waals surface area (Å²) in [6, 6.07) is 2.60. The number of benzene rings is 1. The van der Waals surface area contributed by atoms with E-state index in [1.807, 2.05) is 13.8 Å². The SMILES string of the molecule is CCCC(C)NC(=O)CNc1c(F)ccc(C)c1F. The van der Waals surface area contributed by atoms with Gasteiger partial charge in [0.05, 0.1) is 6.54 Å². The fourth-order valence-electron chi connectivity index (χ4n) is 1.82. The number of carbonyl (C=O) groups is 1. The molecule has 19 heavy (non-hydrogen) atoms. The van der Waals surface area contributed by atoms with Crippen molar-refractivity contribution in [1.29, 1.82) is 0 Å². The lowest BCUT2D eigenvalue weighted by Crippen LogP contribution is -2.36. The van der Waals surface area contributed by atoms with Crippen LogP contribution in [0.5, 0.6) is 0 Å². The number of carbonyl (C=O) groups excluding carboxylic acids is 1. The van der Waals surface area contributed by atoms with Crippen molar-refractivity contribution in [2.45, 2.75) is 39.7 Å². The highest BCUT2D eigenvalue weighted by atomic mass is 19.1. The normalized spacial score (nSPS) is 12.1. The molecule has 106 valence electrons. The Kier molecular flexibility index (Phi) is 5.73. The first-order valence-corrected chi connectivity index (χ1v) is 6.43. The summed E-state index contributed by atoms with van der Waals surface area (Å²) in [7, 11) is 0. The Balaban J connectivity index is 2.58. The Morgan fingerprint density at radius 1 is 1.37 bits per heavy atom. The van der Waals surface area contributed by atoms with Gasteiger partial charge in [0.25, 0.3) is 0 Å². The Morgan fingerprint density at radius 3 is 2.68 bits per heavy atom. The molecular formula is C14H20F2N2O. The smallest absolute Gasteiger partial charge is 0.239 e. The van der Waals surface area contributed by atoms with E-state index < -0.39 is 11.6 Å². The second-order valence-electron chi connectivity index (χ2n) is 4.66. The minimum absolute atomic E-state index is 0.0616. The van der Waals surface area contributed by atoms with Gasteiger partial charge >= 0.3 is 0 Å². The molecule has 0 saturated carbocycles. The second kappa shape index (κ2) is 7.07. The van der Waals surface area contributed by atoms with E-state index in [1.54, 1.807) is 6.92 Å². The summed E-state index contributed by atoms with van der Waals surface area (Å²) in [5, 5.41) is 5.27. The molecular weight excluding hydrogens is 250 g/mol. The lowest BCUT2D eigenvalue weighted by Gasteiger charge is -2.14. The van der Waals surface area contributed by atoms with Gasteiger partial charge in [-0.15, -0.1) is 0 Å². The molecule has 1 aromatic carbocycles. The fraction of sp³-hybridized carbons (Fsp3) is 0.500. The van der Waals surface area contributed by atoms with Crippen molar-refractivity contribution in [3.63, 3.8) is 0 Å². The summed E-state index contributed by atoms with van der Waals surface area (Å²) in [6.45, 7) is 5.32. The molecule has 0 aliphatic heterocycles. The fourth-order valence-corrected chi connectivity index (χ4v) is 1.82. The maximum Gasteiger partial charge on any atom is 0.239 e. The van der Waals surface area contributed by atoms with Crippen LogP contribution >= 0.6 is 0 Å². The van der Waals surface area contributed by atoms with Gasteiger partial charge in [0.15, 0.2) is 5.82 Å². The predicted octanol–water partition coefficient (Wildman–Crippen LogP) is 2.99. The first kappa shape index (κ1) is 15.4. The average Bonchev–Trinajstić information content (AvgIpc) is 2.34. The molecule has 1 rings (SSSR count). The quantitative estimate of drug-likeness (QED) is 0.834. The van der Waals surface area contributed by atoms with E-state index in [2.05, 4.69) is 10.6 Å². The number of amides is 1. The van der Waals surface area contributed by atoms with Crippen LogP contribution in [0.3, 0.4) is 0 Å². The highest BCUT2D eigenvalue weighted by Gasteiger charge is 2.13. The van der Waals surface area contributed by atoms with Crippen LogP contribution in [-0.2, 0) is 4.79 Å². The van der Waals surface area contributed by atoms with Crippen molar-refractivity contribution in [2.75, 3.05) is 11.9 Å². The van der Waals surface area contributed by atoms with E-state index >= 15 is 0 Å². The molecule has 0 spiro atoms. The van der Waals surface area contributed by atoms with E-state index in [4.69, 9.17) is 0 Å². The van der Waals surface area contributed by atoms with Crippen LogP contribution in [0.2, 0.25) is 0 Å². The Morgan fingerprint density at radius 2 is 2.05 bits per heavy atom. The maximum absolute atomic E-state index is 13.7. The molecule has 1 aromatic rings. The minimum atomic E-state index is -0.697. The maximum atomic E-state index is 13.7. The van der Waals surface area contributed by atoms with Crippen molar-refractivity contribution in [1.82, 2.24) is 5.32 Å². The number of hydrogen-bond acceptors (Lipinski definition) is 2. The average molecular weight is 270 g/mol. The number of hydrogen-bond donors (Lipinski definition) is 2. The summed E-state index contributed by atoms with van der Waals surface area (Å²) in [5.41, 5.74) is 0.0851. The van der Waals surface area contributed by atoms with Gasteiger partial charge in [-0.3, -0.25) is 4.79 Å². The van der Waals surface area contributed by atoms with E-state index in [9.17, 15) is 13.6 Å². The topological polar surface area (TPSA) is 41.1 Å². The largest absolute Gasteiger partial charge is 0.371 e. The molecule has 1 amide bonds. The molecule has 0 aliphatic carbocycles. The zero-order valence-electron chi connectivity index (χ0n) is 11.5. The molecule has 0 aromatic heterocycles. The van der Waals surface area contributed by atoms with Crippen LogP contribution in [-0.4, -0.2) is 18.5 Å². The molecule has 0 saturated heterocycles. The zero-order valence-corrected chi connectivity index (χ0v) is 11.5. The Bertz CT molecular complexity index is 449. The van der Waals surface area contributed by atoms with E-state index in [0.29, 0.717) is 5.56 Å². The lowest BCUT2D eigenvalue weighted by molar-refractivity contribution is -0.120. The van der Waals surface area contributed by atoms with Crippen molar-refractivity contribution in [3.8, 4) is 0 Å². The minimum Gasteiger partial charge on any atom is -0.371 e. The van der Waals surface area contributed by atoms with E-state index in [0.717, 1.165) is 12.8 Å². The van der Waals surface area contributed by atoms with Crippen molar-refractivity contribution in [2.24, 2.45) is 0 Å². The summed E-state index contributed by atoms with van der Waals surface area (Å²) in [5.74, 6) is -1.63. The van der Waals surface area contributed by atoms with Crippen LogP contribution in [0.1, 0.15) is 32.3 Å². The van der Waals surface area contributed by atoms with Gasteiger partial charge in [-0.05, 0) is 31.9 Å². The van der Waals surface area contributed by atoms with Gasteiger partial charge in [0.2, 0.25) is 5.91 Å². The molecule has 1 atom stereocenters. The monoisotopic (exact) mass is 270 g/mol. The van der Waals surface area contributed by atoms with Crippen LogP contribution in [0.4, 0.5) is 14.5 Å². The summed E-state index contributed by atoms with van der Waals surface area (Å²) < 4.78 is 27.1. The Labute approximate surface area is 112 Å². The second-order valence-corrected chi connectivity index (χ2v) is 4.66. The van der Waals surface area contributed by atoms with Crippen LogP contribution < -0.4 is 10.6 Å². The number of nitrogens with one attached hydrogen (secondary N) is 2. The number of halogens is 2. The van der Waals surface area contributed by atoms with Gasteiger partial charge in [-0.25, -0.2) is 8.78 Å². The lowest BCUT2D eigenvalue weighted by atomic mass is 10.2. The number of anilines is 1. The molecule has 2 N–H and O–H groups in total. The third-order valence-electron chi connectivity index (χ3n) is 2.84. The summed E-state index contributed by atoms with van der Waals surface area (Å²) in [6.07, 6.45) is 1.84. The van der Waals surface area contributed by atoms with Crippen LogP contribution in [0.25, 0.3) is 0 Å². The third kappa shape index (κ3) is 4.50. The molecule has 0 bridgehead atoms. The number of aryl methyl sites for hydroxylation is 1. The standard InChI is InChI=1S/C14H20F2N2O/c1-4-5-10(3)18-12(19)8-17-14-11(15)7-6-9(2)13(14)16/h6-7,10,17H,4-5,8H2,1-3H3,(H,18,19). The molecule has 1 unspecified atom stereocenters. The van der Waals surface area contributed by atoms with Crippen molar-refractivity contribution >= 4 is 11.6 Å². The van der Waals surface area contributed by atoms with Crippen LogP contribution in [0.15, 0.2) is 12.1 Å². The highest BCUT2D eigenvalue weighted by Crippen LogP contribution is 2.21. The van der Waals surface area contributed by atoms with Crippen molar-refractivity contribution < 1.29 is 13.6 Å². The van der Waals surface area contributed by atoms with Gasteiger partial charge < -0.3 is 10.6 Å². The highest BCUT2D eigenvalue weighted by molar-refractivity contribution is 5.81. The summed E-state index contributed by atoms with van der Waals surface area (Å²) in [4.78, 5) is 11.6. The molecule has 0 fully saturated rings. The number of rotatable bonds is 6. The van der Waals surface area contributed by atoms with E-state index in [-0.39, 0.29) is 24.2 Å². The van der Waals surface area contributed by atoms with Gasteiger partial charge in [-0.1, -0.05) is 19.4 Å². The van der Waals surface area contributed by atoms with Crippen LogP contribution in [0, 0.1) is 18.6 Å². The Hall–Kier alpha value is -1.65. The van der Waals surface area contributed by atoms with Gasteiger partial charge in [0, 0.05) is 6.04 Å². The molecule has 0 aliphatic rings. The predicted molar refractivity (Wildman–Crippen MR) is 72.1 cm³/mol. The molecule has 0 radical (unpaired) electrons. The van der Waals surface area contributed by atoms with Gasteiger partial charge in [0.1, 0.15) is 11.5 Å². The molecule has 0 heterocycles.